The van der Waals surface area contributed by atoms with E-state index in [-0.39, 0.29) is 0 Å². The number of fused-ring (bicyclic) bond motifs is 2. The highest BCUT2D eigenvalue weighted by Gasteiger charge is 2.37. The number of likely N-dealkylation sites (tertiary alicyclic amines) is 1. The van der Waals surface area contributed by atoms with Crippen LogP contribution in [0.15, 0.2) is 0 Å². The van der Waals surface area contributed by atoms with Gasteiger partial charge in [0.2, 0.25) is 0 Å². The van der Waals surface area contributed by atoms with Crippen molar-refractivity contribution in [2.24, 2.45) is 0 Å². The Kier molecular flexibility index (Phi) is 1.24. The molecule has 0 N–H and O–H groups in total. The molecule has 0 saturated carbocycles. The van der Waals surface area contributed by atoms with Crippen LogP contribution in [0.3, 0.4) is 0 Å². The number of nitrogens with zero attached hydrogens (tertiary/aromatic N) is 1. The minimum absolute atomic E-state index is 0.579. The Balaban J connectivity index is 2.01. The van der Waals surface area contributed by atoms with Gasteiger partial charge in [0.1, 0.15) is 0 Å². The quantitative estimate of drug-likeness (QED) is 0.508. The summed E-state index contributed by atoms with van der Waals surface area (Å²) in [4.78, 5) is 2.51. The maximum atomic E-state index is 5.44. The van der Waals surface area contributed by atoms with E-state index in [9.17, 15) is 0 Å². The lowest BCUT2D eigenvalue weighted by Gasteiger charge is -2.24. The molecule has 0 radical (unpaired) electrons. The Hall–Kier alpha value is -0.0800. The average Bonchev–Trinajstić information content (AvgIpc) is 2.45. The van der Waals surface area contributed by atoms with Crippen LogP contribution in [0.2, 0.25) is 0 Å². The Morgan fingerprint density at radius 1 is 1.67 bits per heavy atom. The third-order valence-electron chi connectivity index (χ3n) is 2.42. The predicted molar refractivity (Wildman–Crippen MR) is 35.4 cm³/mol. The number of hydrogen-bond donors (Lipinski definition) is 0. The van der Waals surface area contributed by atoms with E-state index in [0.717, 1.165) is 12.6 Å². The first kappa shape index (κ1) is 5.69. The molecule has 2 fully saturated rings. The summed E-state index contributed by atoms with van der Waals surface area (Å²) < 4.78 is 5.44. The fourth-order valence-electron chi connectivity index (χ4n) is 1.87. The zero-order chi connectivity index (χ0) is 6.27. The van der Waals surface area contributed by atoms with Gasteiger partial charge in [-0.05, 0) is 13.0 Å². The van der Waals surface area contributed by atoms with Crippen LogP contribution in [0.1, 0.15) is 13.3 Å². The minimum Gasteiger partial charge on any atom is -0.375 e. The first-order valence-corrected chi connectivity index (χ1v) is 3.76. The standard InChI is InChI=1S/C7H13NO/c1-2-8-4-7-3-6(8)5-9-7/h6-7H,2-5H2,1H3. The number of ether oxygens (including phenoxy) is 1. The Morgan fingerprint density at radius 2 is 2.56 bits per heavy atom. The summed E-state index contributed by atoms with van der Waals surface area (Å²) in [5, 5.41) is 0. The van der Waals surface area contributed by atoms with Gasteiger partial charge in [0.15, 0.2) is 0 Å². The third kappa shape index (κ3) is 0.775. The Labute approximate surface area is 55.8 Å². The van der Waals surface area contributed by atoms with Gasteiger partial charge in [0.25, 0.3) is 0 Å². The maximum absolute atomic E-state index is 5.44. The molecule has 0 aromatic heterocycles. The van der Waals surface area contributed by atoms with E-state index < -0.39 is 0 Å². The molecule has 2 unspecified atom stereocenters. The summed E-state index contributed by atoms with van der Waals surface area (Å²) in [5.74, 6) is 0. The summed E-state index contributed by atoms with van der Waals surface area (Å²) >= 11 is 0. The highest BCUT2D eigenvalue weighted by molar-refractivity contribution is 4.90. The SMILES string of the molecule is CCN1CC2CC1CO2. The van der Waals surface area contributed by atoms with Gasteiger partial charge in [-0.3, -0.25) is 4.90 Å². The van der Waals surface area contributed by atoms with Crippen molar-refractivity contribution in [2.45, 2.75) is 25.5 Å². The Bertz CT molecular complexity index is 115. The third-order valence-corrected chi connectivity index (χ3v) is 2.42. The monoisotopic (exact) mass is 127 g/mol. The van der Waals surface area contributed by atoms with E-state index in [0.29, 0.717) is 6.10 Å². The molecule has 2 aliphatic rings. The molecule has 0 aromatic carbocycles. The van der Waals surface area contributed by atoms with E-state index in [4.69, 9.17) is 4.74 Å². The second-order valence-electron chi connectivity index (χ2n) is 2.93. The van der Waals surface area contributed by atoms with Crippen molar-refractivity contribution in [3.63, 3.8) is 0 Å². The fraction of sp³-hybridized carbons (Fsp3) is 1.00. The topological polar surface area (TPSA) is 12.5 Å². The molecule has 2 atom stereocenters. The van der Waals surface area contributed by atoms with Crippen molar-refractivity contribution in [3.8, 4) is 0 Å². The van der Waals surface area contributed by atoms with Crippen LogP contribution in [0, 0.1) is 0 Å². The van der Waals surface area contributed by atoms with Gasteiger partial charge in [-0.1, -0.05) is 6.92 Å². The molecule has 52 valence electrons. The van der Waals surface area contributed by atoms with Crippen LogP contribution < -0.4 is 0 Å². The fourth-order valence-corrected chi connectivity index (χ4v) is 1.87. The molecule has 2 heteroatoms. The molecular weight excluding hydrogens is 114 g/mol. The first-order chi connectivity index (χ1) is 4.40. The molecule has 2 nitrogen and oxygen atoms in total. The molecule has 0 spiro atoms. The maximum Gasteiger partial charge on any atom is 0.0718 e. The largest absolute Gasteiger partial charge is 0.375 e. The molecule has 0 aromatic rings. The van der Waals surface area contributed by atoms with Crippen LogP contribution >= 0.6 is 0 Å². The molecule has 9 heavy (non-hydrogen) atoms. The van der Waals surface area contributed by atoms with E-state index in [1.54, 1.807) is 0 Å². The molecule has 0 amide bonds. The highest BCUT2D eigenvalue weighted by atomic mass is 16.5. The van der Waals surface area contributed by atoms with Gasteiger partial charge in [-0.25, -0.2) is 0 Å². The first-order valence-electron chi connectivity index (χ1n) is 3.76. The van der Waals surface area contributed by atoms with Gasteiger partial charge in [0, 0.05) is 12.6 Å². The zero-order valence-corrected chi connectivity index (χ0v) is 5.84. The summed E-state index contributed by atoms with van der Waals surface area (Å²) in [6, 6.07) is 0.764. The van der Waals surface area contributed by atoms with Crippen LogP contribution in [0.25, 0.3) is 0 Å². The van der Waals surface area contributed by atoms with Gasteiger partial charge < -0.3 is 4.74 Å². The molecule has 0 aliphatic carbocycles. The van der Waals surface area contributed by atoms with Gasteiger partial charge in [-0.15, -0.1) is 0 Å². The summed E-state index contributed by atoms with van der Waals surface area (Å²) in [6.07, 6.45) is 1.86. The summed E-state index contributed by atoms with van der Waals surface area (Å²) in [5.41, 5.74) is 0. The van der Waals surface area contributed by atoms with Crippen molar-refractivity contribution < 1.29 is 4.74 Å². The lowest BCUT2D eigenvalue weighted by molar-refractivity contribution is 0.0329. The second-order valence-corrected chi connectivity index (χ2v) is 2.93. The number of hydrogen-bond acceptors (Lipinski definition) is 2. The highest BCUT2D eigenvalue weighted by Crippen LogP contribution is 2.26. The molecule has 2 heterocycles. The Morgan fingerprint density at radius 3 is 2.89 bits per heavy atom. The lowest BCUT2D eigenvalue weighted by atomic mass is 10.2. The minimum atomic E-state index is 0.579. The van der Waals surface area contributed by atoms with Crippen molar-refractivity contribution in [2.75, 3.05) is 19.7 Å². The van der Waals surface area contributed by atoms with Crippen molar-refractivity contribution in [3.05, 3.63) is 0 Å². The van der Waals surface area contributed by atoms with E-state index >= 15 is 0 Å². The van der Waals surface area contributed by atoms with E-state index in [1.165, 1.54) is 19.5 Å². The molecule has 2 aliphatic heterocycles. The molecule has 2 bridgehead atoms. The summed E-state index contributed by atoms with van der Waals surface area (Å²) in [6.45, 7) is 5.59. The van der Waals surface area contributed by atoms with Crippen molar-refractivity contribution in [1.29, 1.82) is 0 Å². The average molecular weight is 127 g/mol. The van der Waals surface area contributed by atoms with E-state index in [1.807, 2.05) is 0 Å². The number of morpholine rings is 1. The number of likely N-dealkylation sites (N-methyl/N-ethyl adjacent to an activating group) is 1. The lowest BCUT2D eigenvalue weighted by Crippen LogP contribution is -2.36. The van der Waals surface area contributed by atoms with Gasteiger partial charge in [-0.2, -0.15) is 0 Å². The van der Waals surface area contributed by atoms with Crippen molar-refractivity contribution in [1.82, 2.24) is 4.90 Å². The van der Waals surface area contributed by atoms with E-state index in [2.05, 4.69) is 11.8 Å². The van der Waals surface area contributed by atoms with Crippen LogP contribution in [0.4, 0.5) is 0 Å². The normalized spacial score (nSPS) is 42.3. The van der Waals surface area contributed by atoms with Crippen LogP contribution in [-0.4, -0.2) is 36.7 Å². The number of rotatable bonds is 1. The zero-order valence-electron chi connectivity index (χ0n) is 5.84. The van der Waals surface area contributed by atoms with Crippen molar-refractivity contribution >= 4 is 0 Å². The van der Waals surface area contributed by atoms with Gasteiger partial charge in [0.05, 0.1) is 12.7 Å². The van der Waals surface area contributed by atoms with Crippen LogP contribution in [-0.2, 0) is 4.74 Å². The molecule has 2 rings (SSSR count). The smallest absolute Gasteiger partial charge is 0.0718 e. The summed E-state index contributed by atoms with van der Waals surface area (Å²) in [7, 11) is 0. The van der Waals surface area contributed by atoms with Gasteiger partial charge >= 0.3 is 0 Å². The second kappa shape index (κ2) is 1.96. The predicted octanol–water partition coefficient (Wildman–Crippen LogP) is 0.479. The van der Waals surface area contributed by atoms with Crippen LogP contribution in [0.5, 0.6) is 0 Å². The molecule has 2 saturated heterocycles. The molecular formula is C7H13NO.